The fourth-order valence-corrected chi connectivity index (χ4v) is 2.29. The zero-order chi connectivity index (χ0) is 17.5. The molecular formula is C18H20ClN3O2. The molecule has 0 spiro atoms. The Labute approximate surface area is 146 Å². The lowest BCUT2D eigenvalue weighted by molar-refractivity contribution is -0.115. The second-order valence-electron chi connectivity index (χ2n) is 5.65. The largest absolute Gasteiger partial charge is 0.336 e. The first-order chi connectivity index (χ1) is 11.4. The van der Waals surface area contributed by atoms with Crippen molar-refractivity contribution in [1.82, 2.24) is 5.32 Å². The second-order valence-corrected chi connectivity index (χ2v) is 6.05. The number of amides is 3. The molecule has 3 N–H and O–H groups in total. The molecule has 6 heteroatoms. The molecule has 2 aromatic carbocycles. The van der Waals surface area contributed by atoms with E-state index < -0.39 is 0 Å². The van der Waals surface area contributed by atoms with E-state index in [-0.39, 0.29) is 24.4 Å². The van der Waals surface area contributed by atoms with Gasteiger partial charge in [0, 0.05) is 22.4 Å². The van der Waals surface area contributed by atoms with Crippen LogP contribution in [0.4, 0.5) is 16.2 Å². The summed E-state index contributed by atoms with van der Waals surface area (Å²) in [6, 6.07) is 14.0. The number of urea groups is 1. The van der Waals surface area contributed by atoms with Gasteiger partial charge < -0.3 is 16.0 Å². The Morgan fingerprint density at radius 2 is 1.54 bits per heavy atom. The predicted molar refractivity (Wildman–Crippen MR) is 97.5 cm³/mol. The van der Waals surface area contributed by atoms with Gasteiger partial charge in [-0.2, -0.15) is 0 Å². The summed E-state index contributed by atoms with van der Waals surface area (Å²) >= 11 is 6.05. The third kappa shape index (κ3) is 5.59. The van der Waals surface area contributed by atoms with Gasteiger partial charge in [0.25, 0.3) is 0 Å². The van der Waals surface area contributed by atoms with Gasteiger partial charge in [-0.05, 0) is 49.7 Å². The van der Waals surface area contributed by atoms with Crippen LogP contribution in [-0.2, 0) is 11.2 Å². The maximum atomic E-state index is 12.1. The van der Waals surface area contributed by atoms with Crippen molar-refractivity contribution in [3.8, 4) is 0 Å². The molecule has 0 atom stereocenters. The molecule has 0 unspecified atom stereocenters. The number of nitrogens with one attached hydrogen (secondary N) is 3. The molecule has 0 saturated heterocycles. The maximum Gasteiger partial charge on any atom is 0.319 e. The van der Waals surface area contributed by atoms with Crippen LogP contribution in [0.15, 0.2) is 48.5 Å². The lowest BCUT2D eigenvalue weighted by Gasteiger charge is -2.11. The summed E-state index contributed by atoms with van der Waals surface area (Å²) in [5.41, 5.74) is 2.08. The Balaban J connectivity index is 1.90. The van der Waals surface area contributed by atoms with Gasteiger partial charge in [0.2, 0.25) is 5.91 Å². The van der Waals surface area contributed by atoms with Crippen LogP contribution in [0.5, 0.6) is 0 Å². The molecule has 0 aliphatic heterocycles. The first-order valence-electron chi connectivity index (χ1n) is 7.65. The fraction of sp³-hybridized carbons (Fsp3) is 0.222. The van der Waals surface area contributed by atoms with Crippen molar-refractivity contribution in [2.45, 2.75) is 26.3 Å². The first-order valence-corrected chi connectivity index (χ1v) is 8.02. The number of rotatable bonds is 5. The van der Waals surface area contributed by atoms with Gasteiger partial charge in [-0.1, -0.05) is 29.8 Å². The number of carbonyl (C=O) groups excluding carboxylic acids is 2. The van der Waals surface area contributed by atoms with E-state index in [1.807, 2.05) is 32.0 Å². The molecule has 0 fully saturated rings. The van der Waals surface area contributed by atoms with Crippen LogP contribution in [0.1, 0.15) is 19.4 Å². The number of hydrogen-bond donors (Lipinski definition) is 3. The van der Waals surface area contributed by atoms with E-state index in [9.17, 15) is 9.59 Å². The molecule has 126 valence electrons. The highest BCUT2D eigenvalue weighted by molar-refractivity contribution is 6.31. The monoisotopic (exact) mass is 345 g/mol. The van der Waals surface area contributed by atoms with Gasteiger partial charge in [0.15, 0.2) is 0 Å². The molecule has 0 aliphatic carbocycles. The minimum Gasteiger partial charge on any atom is -0.336 e. The molecule has 5 nitrogen and oxygen atoms in total. The average molecular weight is 346 g/mol. The smallest absolute Gasteiger partial charge is 0.319 e. The zero-order valence-corrected chi connectivity index (χ0v) is 14.4. The molecule has 0 heterocycles. The van der Waals surface area contributed by atoms with Crippen LogP contribution < -0.4 is 16.0 Å². The van der Waals surface area contributed by atoms with Gasteiger partial charge >= 0.3 is 6.03 Å². The number of hydrogen-bond acceptors (Lipinski definition) is 2. The standard InChI is InChI=1S/C18H20ClN3O2/c1-12(2)20-18(24)22-15-9-7-14(8-10-15)21-17(23)11-13-5-3-4-6-16(13)19/h3-10,12H,11H2,1-2H3,(H,21,23)(H2,20,22,24). The van der Waals surface area contributed by atoms with E-state index in [0.717, 1.165) is 5.56 Å². The van der Waals surface area contributed by atoms with Crippen molar-refractivity contribution in [2.75, 3.05) is 10.6 Å². The Morgan fingerprint density at radius 3 is 2.12 bits per heavy atom. The van der Waals surface area contributed by atoms with Gasteiger partial charge in [0.1, 0.15) is 0 Å². The minimum absolute atomic E-state index is 0.0633. The fourth-order valence-electron chi connectivity index (χ4n) is 2.09. The van der Waals surface area contributed by atoms with Crippen molar-refractivity contribution in [3.63, 3.8) is 0 Å². The van der Waals surface area contributed by atoms with E-state index >= 15 is 0 Å². The van der Waals surface area contributed by atoms with Crippen LogP contribution in [0.3, 0.4) is 0 Å². The van der Waals surface area contributed by atoms with Gasteiger partial charge in [-0.25, -0.2) is 4.79 Å². The van der Waals surface area contributed by atoms with Gasteiger partial charge in [-0.15, -0.1) is 0 Å². The molecule has 0 saturated carbocycles. The third-order valence-corrected chi connectivity index (χ3v) is 3.52. The van der Waals surface area contributed by atoms with E-state index in [2.05, 4.69) is 16.0 Å². The van der Waals surface area contributed by atoms with E-state index in [1.165, 1.54) is 0 Å². The first kappa shape index (κ1) is 17.8. The normalized spacial score (nSPS) is 10.3. The highest BCUT2D eigenvalue weighted by Gasteiger charge is 2.08. The van der Waals surface area contributed by atoms with Crippen molar-refractivity contribution < 1.29 is 9.59 Å². The summed E-state index contributed by atoms with van der Waals surface area (Å²) in [4.78, 5) is 23.7. The summed E-state index contributed by atoms with van der Waals surface area (Å²) in [5, 5.41) is 8.84. The summed E-state index contributed by atoms with van der Waals surface area (Å²) < 4.78 is 0. The Hall–Kier alpha value is -2.53. The topological polar surface area (TPSA) is 70.2 Å². The molecule has 2 rings (SSSR count). The maximum absolute atomic E-state index is 12.1. The van der Waals surface area contributed by atoms with Gasteiger partial charge in [-0.3, -0.25) is 4.79 Å². The average Bonchev–Trinajstić information content (AvgIpc) is 2.51. The lowest BCUT2D eigenvalue weighted by atomic mass is 10.1. The minimum atomic E-state index is -0.263. The molecule has 0 aliphatic rings. The quantitative estimate of drug-likeness (QED) is 0.765. The summed E-state index contributed by atoms with van der Waals surface area (Å²) in [6.07, 6.45) is 0.205. The Bertz CT molecular complexity index is 714. The highest BCUT2D eigenvalue weighted by Crippen LogP contribution is 2.17. The van der Waals surface area contributed by atoms with E-state index in [0.29, 0.717) is 16.4 Å². The van der Waals surface area contributed by atoms with Crippen molar-refractivity contribution in [2.24, 2.45) is 0 Å². The number of halogens is 1. The van der Waals surface area contributed by atoms with Crippen molar-refractivity contribution >= 4 is 34.9 Å². The summed E-state index contributed by atoms with van der Waals surface area (Å²) in [5.74, 6) is -0.152. The third-order valence-electron chi connectivity index (χ3n) is 3.16. The molecule has 0 bridgehead atoms. The summed E-state index contributed by atoms with van der Waals surface area (Å²) in [6.45, 7) is 3.77. The molecule has 24 heavy (non-hydrogen) atoms. The SMILES string of the molecule is CC(C)NC(=O)Nc1ccc(NC(=O)Cc2ccccc2Cl)cc1. The molecular weight excluding hydrogens is 326 g/mol. The number of anilines is 2. The second kappa shape index (κ2) is 8.36. The zero-order valence-electron chi connectivity index (χ0n) is 13.6. The highest BCUT2D eigenvalue weighted by atomic mass is 35.5. The molecule has 3 amide bonds. The van der Waals surface area contributed by atoms with Crippen LogP contribution in [0.25, 0.3) is 0 Å². The van der Waals surface area contributed by atoms with E-state index in [1.54, 1.807) is 30.3 Å². The summed E-state index contributed by atoms with van der Waals surface area (Å²) in [7, 11) is 0. The van der Waals surface area contributed by atoms with Gasteiger partial charge in [0.05, 0.1) is 6.42 Å². The Morgan fingerprint density at radius 1 is 0.958 bits per heavy atom. The lowest BCUT2D eigenvalue weighted by Crippen LogP contribution is -2.34. The van der Waals surface area contributed by atoms with E-state index in [4.69, 9.17) is 11.6 Å². The van der Waals surface area contributed by atoms with Crippen LogP contribution in [0, 0.1) is 0 Å². The van der Waals surface area contributed by atoms with Crippen LogP contribution >= 0.6 is 11.6 Å². The van der Waals surface area contributed by atoms with Crippen molar-refractivity contribution in [3.05, 3.63) is 59.1 Å². The molecule has 2 aromatic rings. The number of benzene rings is 2. The van der Waals surface area contributed by atoms with Crippen LogP contribution in [-0.4, -0.2) is 18.0 Å². The molecule has 0 radical (unpaired) electrons. The molecule has 0 aromatic heterocycles. The Kier molecular flexibility index (Phi) is 6.21. The van der Waals surface area contributed by atoms with Crippen molar-refractivity contribution in [1.29, 1.82) is 0 Å². The number of carbonyl (C=O) groups is 2. The predicted octanol–water partition coefficient (Wildman–Crippen LogP) is 4.05. The van der Waals surface area contributed by atoms with Crippen LogP contribution in [0.2, 0.25) is 5.02 Å².